The molecule has 0 aliphatic rings. The van der Waals surface area contributed by atoms with Crippen LogP contribution in [0.5, 0.6) is 11.5 Å². The largest absolute Gasteiger partial charge is 0.507 e. The summed E-state index contributed by atoms with van der Waals surface area (Å²) in [5.41, 5.74) is 0.558. The Morgan fingerprint density at radius 1 is 1.05 bits per heavy atom. The van der Waals surface area contributed by atoms with Gasteiger partial charge in [0.1, 0.15) is 18.1 Å². The Morgan fingerprint density at radius 2 is 1.75 bits per heavy atom. The van der Waals surface area contributed by atoms with E-state index in [1.54, 1.807) is 30.3 Å². The topological polar surface area (TPSA) is 83.8 Å². The fourth-order valence-electron chi connectivity index (χ4n) is 1.68. The minimum atomic E-state index is -0.841. The van der Waals surface area contributed by atoms with Crippen molar-refractivity contribution < 1.29 is 24.5 Å². The summed E-state index contributed by atoms with van der Waals surface area (Å²) >= 11 is 0. The van der Waals surface area contributed by atoms with Gasteiger partial charge in [-0.2, -0.15) is 0 Å². The lowest BCUT2D eigenvalue weighted by atomic mass is 10.0. The van der Waals surface area contributed by atoms with Crippen molar-refractivity contribution >= 4 is 11.8 Å². The van der Waals surface area contributed by atoms with Gasteiger partial charge in [0.15, 0.2) is 5.78 Å². The minimum Gasteiger partial charge on any atom is -0.507 e. The van der Waals surface area contributed by atoms with E-state index in [4.69, 9.17) is 9.84 Å². The molecular weight excluding hydrogens is 260 g/mol. The second-order valence-electron chi connectivity index (χ2n) is 4.01. The molecule has 0 aliphatic heterocycles. The van der Waals surface area contributed by atoms with Crippen LogP contribution < -0.4 is 4.74 Å². The Labute approximate surface area is 115 Å². The van der Waals surface area contributed by atoms with Gasteiger partial charge < -0.3 is 14.9 Å². The first-order valence-corrected chi connectivity index (χ1v) is 5.86. The minimum absolute atomic E-state index is 0.0613. The average Bonchev–Trinajstić information content (AvgIpc) is 2.47. The normalized spacial score (nSPS) is 10.1. The maximum atomic E-state index is 12.1. The van der Waals surface area contributed by atoms with Crippen molar-refractivity contribution in [1.82, 2.24) is 0 Å². The molecule has 0 unspecified atom stereocenters. The van der Waals surface area contributed by atoms with E-state index >= 15 is 0 Å². The standard InChI is InChI=1S/C15H12O5/c16-9-14(18)20-11-6-7-12(13(17)8-11)15(19)10-4-2-1-3-5-10/h1-8,16-17H,9H2. The van der Waals surface area contributed by atoms with Crippen molar-refractivity contribution in [3.8, 4) is 11.5 Å². The summed E-state index contributed by atoms with van der Waals surface area (Å²) in [5.74, 6) is -1.40. The third-order valence-electron chi connectivity index (χ3n) is 2.61. The number of carbonyl (C=O) groups is 2. The van der Waals surface area contributed by atoms with Crippen molar-refractivity contribution in [3.05, 3.63) is 59.7 Å². The van der Waals surface area contributed by atoms with Crippen molar-refractivity contribution in [2.75, 3.05) is 6.61 Å². The van der Waals surface area contributed by atoms with Crippen molar-refractivity contribution in [3.63, 3.8) is 0 Å². The first-order valence-electron chi connectivity index (χ1n) is 5.86. The first kappa shape index (κ1) is 13.8. The number of aromatic hydroxyl groups is 1. The Morgan fingerprint density at radius 3 is 2.35 bits per heavy atom. The van der Waals surface area contributed by atoms with Crippen LogP contribution in [0, 0.1) is 0 Å². The maximum Gasteiger partial charge on any atom is 0.337 e. The number of rotatable bonds is 4. The fraction of sp³-hybridized carbons (Fsp3) is 0.0667. The second-order valence-corrected chi connectivity index (χ2v) is 4.01. The number of benzene rings is 2. The summed E-state index contributed by atoms with van der Waals surface area (Å²) < 4.78 is 4.72. The van der Waals surface area contributed by atoms with Gasteiger partial charge in [0.25, 0.3) is 0 Å². The molecule has 0 atom stereocenters. The van der Waals surface area contributed by atoms with Gasteiger partial charge in [-0.3, -0.25) is 4.79 Å². The highest BCUT2D eigenvalue weighted by molar-refractivity contribution is 6.10. The fourth-order valence-corrected chi connectivity index (χ4v) is 1.68. The zero-order valence-corrected chi connectivity index (χ0v) is 10.4. The molecule has 0 bridgehead atoms. The van der Waals surface area contributed by atoms with Gasteiger partial charge in [-0.25, -0.2) is 4.79 Å². The molecule has 0 saturated carbocycles. The van der Waals surface area contributed by atoms with Crippen LogP contribution in [0.3, 0.4) is 0 Å². The predicted octanol–water partition coefficient (Wildman–Crippen LogP) is 1.52. The van der Waals surface area contributed by atoms with Gasteiger partial charge in [0.2, 0.25) is 0 Å². The van der Waals surface area contributed by atoms with Crippen molar-refractivity contribution in [2.24, 2.45) is 0 Å². The molecule has 2 aromatic carbocycles. The molecule has 0 saturated heterocycles. The summed E-state index contributed by atoms with van der Waals surface area (Å²) in [6, 6.07) is 12.4. The number of aliphatic hydroxyl groups excluding tert-OH is 1. The molecule has 5 heteroatoms. The SMILES string of the molecule is O=C(CO)Oc1ccc(C(=O)c2ccccc2)c(O)c1. The smallest absolute Gasteiger partial charge is 0.337 e. The molecule has 0 heterocycles. The number of hydrogen-bond donors (Lipinski definition) is 2. The molecule has 2 aromatic rings. The van der Waals surface area contributed by atoms with E-state index in [0.717, 1.165) is 6.07 Å². The monoisotopic (exact) mass is 272 g/mol. The molecule has 20 heavy (non-hydrogen) atoms. The molecule has 102 valence electrons. The first-order chi connectivity index (χ1) is 9.61. The van der Waals surface area contributed by atoms with Crippen LogP contribution >= 0.6 is 0 Å². The van der Waals surface area contributed by atoms with Gasteiger partial charge in [0.05, 0.1) is 5.56 Å². The van der Waals surface area contributed by atoms with Gasteiger partial charge in [-0.15, -0.1) is 0 Å². The highest BCUT2D eigenvalue weighted by Crippen LogP contribution is 2.25. The van der Waals surface area contributed by atoms with Gasteiger partial charge >= 0.3 is 5.97 Å². The van der Waals surface area contributed by atoms with Crippen molar-refractivity contribution in [2.45, 2.75) is 0 Å². The van der Waals surface area contributed by atoms with E-state index < -0.39 is 12.6 Å². The molecule has 0 fully saturated rings. The van der Waals surface area contributed by atoms with E-state index in [0.29, 0.717) is 5.56 Å². The molecule has 2 rings (SSSR count). The Kier molecular flexibility index (Phi) is 4.12. The van der Waals surface area contributed by atoms with Crippen LogP contribution in [-0.4, -0.2) is 28.6 Å². The van der Waals surface area contributed by atoms with Gasteiger partial charge in [-0.1, -0.05) is 30.3 Å². The predicted molar refractivity (Wildman–Crippen MR) is 70.7 cm³/mol. The molecule has 5 nitrogen and oxygen atoms in total. The number of phenols is 1. The van der Waals surface area contributed by atoms with E-state index in [9.17, 15) is 14.7 Å². The lowest BCUT2D eigenvalue weighted by Gasteiger charge is -2.07. The van der Waals surface area contributed by atoms with Crippen LogP contribution in [0.4, 0.5) is 0 Å². The lowest BCUT2D eigenvalue weighted by Crippen LogP contribution is -2.12. The molecule has 0 spiro atoms. The number of hydrogen-bond acceptors (Lipinski definition) is 5. The van der Waals surface area contributed by atoms with E-state index in [-0.39, 0.29) is 22.8 Å². The highest BCUT2D eigenvalue weighted by Gasteiger charge is 2.14. The number of aliphatic hydroxyl groups is 1. The maximum absolute atomic E-state index is 12.1. The van der Waals surface area contributed by atoms with Gasteiger partial charge in [-0.05, 0) is 12.1 Å². The quantitative estimate of drug-likeness (QED) is 0.501. The molecule has 2 N–H and O–H groups in total. The molecule has 0 amide bonds. The highest BCUT2D eigenvalue weighted by atomic mass is 16.5. The van der Waals surface area contributed by atoms with E-state index in [1.807, 2.05) is 0 Å². The average molecular weight is 272 g/mol. The second kappa shape index (κ2) is 5.99. The van der Waals surface area contributed by atoms with Crippen LogP contribution in [0.25, 0.3) is 0 Å². The van der Waals surface area contributed by atoms with Crippen molar-refractivity contribution in [1.29, 1.82) is 0 Å². The number of ether oxygens (including phenoxy) is 1. The van der Waals surface area contributed by atoms with Crippen LogP contribution in [-0.2, 0) is 4.79 Å². The van der Waals surface area contributed by atoms with Gasteiger partial charge in [0, 0.05) is 11.6 Å². The van der Waals surface area contributed by atoms with E-state index in [2.05, 4.69) is 0 Å². The number of ketones is 1. The summed E-state index contributed by atoms with van der Waals surface area (Å²) in [6.45, 7) is -0.758. The third kappa shape index (κ3) is 3.02. The Bertz CT molecular complexity index is 634. The lowest BCUT2D eigenvalue weighted by molar-refractivity contribution is -0.137. The zero-order valence-electron chi connectivity index (χ0n) is 10.4. The van der Waals surface area contributed by atoms with Crippen LogP contribution in [0.1, 0.15) is 15.9 Å². The number of esters is 1. The number of phenolic OH excluding ortho intramolecular Hbond substituents is 1. The van der Waals surface area contributed by atoms with E-state index in [1.165, 1.54) is 12.1 Å². The summed E-state index contributed by atoms with van der Waals surface area (Å²) in [7, 11) is 0. The molecule has 0 radical (unpaired) electrons. The van der Waals surface area contributed by atoms with Crippen LogP contribution in [0.2, 0.25) is 0 Å². The van der Waals surface area contributed by atoms with Crippen LogP contribution in [0.15, 0.2) is 48.5 Å². The molecule has 0 aliphatic carbocycles. The molecule has 0 aromatic heterocycles. The summed E-state index contributed by atoms with van der Waals surface area (Å²) in [6.07, 6.45) is 0. The Hall–Kier alpha value is -2.66. The zero-order chi connectivity index (χ0) is 14.5. The summed E-state index contributed by atoms with van der Waals surface area (Å²) in [5, 5.41) is 18.4. The third-order valence-corrected chi connectivity index (χ3v) is 2.61. The molecular formula is C15H12O5. The summed E-state index contributed by atoms with van der Waals surface area (Å²) in [4.78, 5) is 23.1. The Balaban J connectivity index is 2.26. The number of carbonyl (C=O) groups excluding carboxylic acids is 2.